The molecule has 3 saturated heterocycles. The molecule has 0 radical (unpaired) electrons. The van der Waals surface area contributed by atoms with Crippen molar-refractivity contribution in [3.8, 4) is 23.0 Å². The van der Waals surface area contributed by atoms with E-state index < -0.39 is 61.4 Å². The zero-order valence-electron chi connectivity index (χ0n) is 76.8. The molecule has 17 rings (SSSR count). The van der Waals surface area contributed by atoms with Crippen LogP contribution in [0.4, 0.5) is 23.3 Å². The van der Waals surface area contributed by atoms with Crippen LogP contribution < -0.4 is 44.1 Å². The van der Waals surface area contributed by atoms with E-state index in [9.17, 15) is 30.0 Å². The average molecular weight is 2020 g/mol. The molecule has 3 aliphatic heterocycles. The first-order valence-corrected chi connectivity index (χ1v) is 48.8. The van der Waals surface area contributed by atoms with Crippen LogP contribution in [0.25, 0.3) is 32.3 Å². The number of methoxy groups -OCH3 is 4. The molecule has 0 amide bonds. The number of fused-ring (bicyclic) bond motifs is 3. The molecule has 0 bridgehead atoms. The zero-order valence-corrected chi connectivity index (χ0v) is 83.2. The number of ether oxygens (including phenoxy) is 4. The van der Waals surface area contributed by atoms with Crippen LogP contribution >= 0.6 is 42.5 Å². The monoisotopic (exact) mass is 2020 g/mol. The van der Waals surface area contributed by atoms with Crippen molar-refractivity contribution in [3.63, 3.8) is 0 Å². The van der Waals surface area contributed by atoms with E-state index >= 15 is 0 Å². The number of aldehydes is 1. The van der Waals surface area contributed by atoms with E-state index in [-0.39, 0.29) is 56.0 Å². The smallest absolute Gasteiger partial charge is 0.495 e. The Balaban J connectivity index is 0.000000160. The second-order valence-electron chi connectivity index (χ2n) is 33.4. The molecule has 7 heterocycles. The number of rotatable bonds is 21. The zero-order chi connectivity index (χ0) is 97.0. The molecule has 0 saturated carbocycles. The number of nitrogens with zero attached hydrogens (tertiary/aromatic N) is 10. The maximum absolute atomic E-state index is 14.0. The molecular formula is C96H104B3Br2ClN12O17S3. The van der Waals surface area contributed by atoms with Gasteiger partial charge in [0.1, 0.15) is 77.9 Å². The normalized spacial score (nSPS) is 15.1. The fraction of sp³-hybridized carbons (Fsp3) is 0.260. The van der Waals surface area contributed by atoms with Gasteiger partial charge in [0.25, 0.3) is 29.1 Å². The number of nitrogens with two attached hydrogens (primary N) is 1. The van der Waals surface area contributed by atoms with E-state index in [2.05, 4.69) is 77.0 Å². The number of hydrogen-bond donors (Lipinski definition) is 2. The maximum Gasteiger partial charge on any atom is 0.495 e. The minimum absolute atomic E-state index is 0.0926. The summed E-state index contributed by atoms with van der Waals surface area (Å²) in [5, 5.41) is 8.42. The van der Waals surface area contributed by atoms with Gasteiger partial charge < -0.3 is 57.9 Å². The predicted molar refractivity (Wildman–Crippen MR) is 532 cm³/mol. The summed E-state index contributed by atoms with van der Waals surface area (Å²) in [6.07, 6.45) is 12.8. The van der Waals surface area contributed by atoms with Crippen molar-refractivity contribution in [2.75, 3.05) is 48.1 Å². The molecule has 10 aromatic carbocycles. The summed E-state index contributed by atoms with van der Waals surface area (Å²) in [7, 11) is -1.32. The second-order valence-corrected chi connectivity index (χ2v) is 41.4. The van der Waals surface area contributed by atoms with E-state index in [4.69, 9.17) is 63.3 Å². The standard InChI is InChI=1S/C28H30BN3O5S.C22H18BrN3O3S.C12H24B2O4.C12H13N3O.C10H6BrClO2S.C8H8O2.C4H5N3/c1-27(2)28(3,4)37-29(36-27)25-8-6-7-21-17-23(13-14-24(21)25)38(33,34)32(26-15-16-30-19-31-26)18-20-9-11-22(35-5)12-10-20;1-29-18-7-5-16(6-8-18)14-26(22-11-12-24-15-25-22)30(27,28)19-9-10-20-17(13-19)3-2-4-21(20)23;1-9(2)10(3,4)16-13(15-9)14-17-11(5,6)12(7,8)18-14;1-16-11-4-2-10(3-5-11)8-14-12-6-7-13-9-15-12;11-10-3-1-2-7-6-8(15(12,13)14)4-5-9(7)10;1-10-8-4-2-7(6-9)3-5-8;5-4-1-2-6-3-7-4/h6-17,19H,18H2,1-5H3;2-13,15H,14H2,1H3;1-8H3;2-7,9H,8H2,1H3,(H,13,14,15);1-6H;2-6H,1H3;1-3H,(H2,5,6,7). The Morgan fingerprint density at radius 1 is 0.403 bits per heavy atom. The van der Waals surface area contributed by atoms with Crippen molar-refractivity contribution in [1.29, 1.82) is 0 Å². The fourth-order valence-corrected chi connectivity index (χ4v) is 17.9. The SMILES string of the molecule is CC1(C)OB(B2OC(C)(C)C(C)(C)O2)OC1(C)C.COc1ccc(C=O)cc1.COc1ccc(CN(c2ccncn2)S(=O)(=O)c2ccc3c(B4OC(C)(C)C(C)(C)O4)cccc3c2)cc1.COc1ccc(CN(c2ccncn2)S(=O)(=O)c2ccc3c(Br)cccc3c2)cc1.COc1ccc(CNc2ccncn2)cc1.Nc1ccncn1.O=S(=O)(Cl)c1ccc2c(Br)cccc2c1. The molecule has 14 aromatic rings. The summed E-state index contributed by atoms with van der Waals surface area (Å²) in [6.45, 7) is 25.2. The molecule has 3 N–H and O–H groups in total. The molecule has 4 aromatic heterocycles. The number of aromatic nitrogens is 8. The van der Waals surface area contributed by atoms with Crippen molar-refractivity contribution in [2.24, 2.45) is 0 Å². The summed E-state index contributed by atoms with van der Waals surface area (Å²) in [4.78, 5) is 42.1. The number of sulfonamides is 2. The number of anilines is 4. The minimum Gasteiger partial charge on any atom is -0.497 e. The van der Waals surface area contributed by atoms with Gasteiger partial charge in [0.2, 0.25) is 0 Å². The molecule has 698 valence electrons. The molecule has 0 spiro atoms. The van der Waals surface area contributed by atoms with E-state index in [1.165, 1.54) is 57.9 Å². The summed E-state index contributed by atoms with van der Waals surface area (Å²) >= 11 is 6.90. The third-order valence-corrected chi connectivity index (χ3v) is 29.1. The van der Waals surface area contributed by atoms with Gasteiger partial charge in [-0.15, -0.1) is 0 Å². The van der Waals surface area contributed by atoms with Crippen molar-refractivity contribution in [2.45, 2.75) is 151 Å². The molecule has 29 nitrogen and oxygen atoms in total. The van der Waals surface area contributed by atoms with Crippen LogP contribution in [-0.2, 0) is 76.7 Å². The molecule has 3 fully saturated rings. The largest absolute Gasteiger partial charge is 0.497 e. The fourth-order valence-electron chi connectivity index (χ4n) is 13.2. The highest BCUT2D eigenvalue weighted by molar-refractivity contribution is 9.11. The molecule has 3 aliphatic rings. The van der Waals surface area contributed by atoms with Gasteiger partial charge in [0.15, 0.2) is 0 Å². The van der Waals surface area contributed by atoms with Crippen molar-refractivity contribution in [1.82, 2.24) is 39.9 Å². The van der Waals surface area contributed by atoms with E-state index in [1.54, 1.807) is 150 Å². The Hall–Kier alpha value is -11.6. The van der Waals surface area contributed by atoms with Crippen LogP contribution in [0.3, 0.4) is 0 Å². The Kier molecular flexibility index (Phi) is 34.4. The number of carbonyl (C=O) groups is 1. The molecular weight excluding hydrogens is 1920 g/mol. The summed E-state index contributed by atoms with van der Waals surface area (Å²) in [6, 6.07) is 68.0. The lowest BCUT2D eigenvalue weighted by atomic mass is 9.49. The van der Waals surface area contributed by atoms with Crippen LogP contribution in [-0.4, -0.2) is 155 Å². The molecule has 134 heavy (non-hydrogen) atoms. The Labute approximate surface area is 804 Å². The quantitative estimate of drug-likeness (QED) is 0.0383. The number of halogens is 3. The lowest BCUT2D eigenvalue weighted by Gasteiger charge is -2.32. The highest BCUT2D eigenvalue weighted by Gasteiger charge is 2.64. The Morgan fingerprint density at radius 3 is 1.10 bits per heavy atom. The molecule has 0 unspecified atom stereocenters. The predicted octanol–water partition coefficient (Wildman–Crippen LogP) is 18.6. The number of nitrogens with one attached hydrogen (secondary N) is 1. The van der Waals surface area contributed by atoms with Crippen molar-refractivity contribution >= 4 is 160 Å². The molecule has 0 atom stereocenters. The van der Waals surface area contributed by atoms with Crippen molar-refractivity contribution < 1.29 is 76.9 Å². The Morgan fingerprint density at radius 2 is 0.746 bits per heavy atom. The first-order valence-electron chi connectivity index (χ1n) is 42.0. The molecule has 38 heteroatoms. The summed E-state index contributed by atoms with van der Waals surface area (Å²) in [5.41, 5.74) is 7.10. The third-order valence-electron chi connectivity index (χ3n) is 22.9. The van der Waals surface area contributed by atoms with Crippen LogP contribution in [0.15, 0.2) is 304 Å². The number of benzene rings is 10. The van der Waals surface area contributed by atoms with Crippen LogP contribution in [0, 0.1) is 0 Å². The summed E-state index contributed by atoms with van der Waals surface area (Å²) < 4.78 is 139. The molecule has 0 aliphatic carbocycles. The first-order chi connectivity index (χ1) is 63.5. The number of carbonyl (C=O) groups excluding carboxylic acids is 1. The van der Waals surface area contributed by atoms with Gasteiger partial charge in [0, 0.05) is 68.7 Å². The second kappa shape index (κ2) is 44.7. The topological polar surface area (TPSA) is 359 Å². The van der Waals surface area contributed by atoms with E-state index in [0.717, 1.165) is 88.0 Å². The highest BCUT2D eigenvalue weighted by Crippen LogP contribution is 2.44. The van der Waals surface area contributed by atoms with Crippen LogP contribution in [0.2, 0.25) is 0 Å². The van der Waals surface area contributed by atoms with Crippen molar-refractivity contribution in [3.05, 3.63) is 312 Å². The van der Waals surface area contributed by atoms with Crippen LogP contribution in [0.5, 0.6) is 23.0 Å². The minimum atomic E-state index is -3.98. The number of nitrogen functional groups attached to an aromatic ring is 1. The highest BCUT2D eigenvalue weighted by atomic mass is 79.9. The van der Waals surface area contributed by atoms with Gasteiger partial charge >= 0.3 is 21.1 Å². The Bertz CT molecular complexity index is 6570. The first kappa shape index (κ1) is 103. The van der Waals surface area contributed by atoms with E-state index in [0.29, 0.717) is 28.7 Å². The van der Waals surface area contributed by atoms with Gasteiger partial charge in [-0.2, -0.15) is 0 Å². The maximum atomic E-state index is 14.0. The number of hydrogen-bond acceptors (Lipinski definition) is 27. The summed E-state index contributed by atoms with van der Waals surface area (Å²) in [5.74, 6) is 4.95. The van der Waals surface area contributed by atoms with Gasteiger partial charge in [-0.25, -0.2) is 73.7 Å². The van der Waals surface area contributed by atoms with Gasteiger partial charge in [-0.3, -0.25) is 4.79 Å². The average Bonchev–Trinajstić information content (AvgIpc) is 1.71. The van der Waals surface area contributed by atoms with Gasteiger partial charge in [0.05, 0.1) is 89.8 Å². The van der Waals surface area contributed by atoms with E-state index in [1.807, 2.05) is 198 Å². The van der Waals surface area contributed by atoms with Gasteiger partial charge in [-0.05, 0) is 259 Å². The lowest BCUT2D eigenvalue weighted by Crippen LogP contribution is -2.41. The lowest BCUT2D eigenvalue weighted by molar-refractivity contribution is 0.00578. The van der Waals surface area contributed by atoms with Crippen LogP contribution in [0.1, 0.15) is 110 Å². The van der Waals surface area contributed by atoms with Gasteiger partial charge in [-0.1, -0.05) is 129 Å². The third kappa shape index (κ3) is 26.3.